The highest BCUT2D eigenvalue weighted by Gasteiger charge is 2.20. The lowest BCUT2D eigenvalue weighted by molar-refractivity contribution is -0.113. The van der Waals surface area contributed by atoms with Gasteiger partial charge in [-0.3, -0.25) is 4.79 Å². The topological polar surface area (TPSA) is 47.9 Å². The molecule has 0 unspecified atom stereocenters. The Morgan fingerprint density at radius 2 is 1.69 bits per heavy atom. The molecule has 0 saturated heterocycles. The summed E-state index contributed by atoms with van der Waals surface area (Å²) in [5.74, 6) is 1.51. The number of thioether (sulfide) groups is 2. The molecule has 1 aliphatic heterocycles. The maximum Gasteiger partial charge on any atom is 0.285 e. The molecule has 0 aromatic heterocycles. The predicted molar refractivity (Wildman–Crippen MR) is 124 cm³/mol. The minimum atomic E-state index is -0.170. The molecule has 6 heteroatoms. The molecule has 1 amide bonds. The molecule has 0 radical (unpaired) electrons. The van der Waals surface area contributed by atoms with Crippen molar-refractivity contribution < 1.29 is 14.3 Å². The second kappa shape index (κ2) is 10.6. The van der Waals surface area contributed by atoms with Crippen molar-refractivity contribution in [2.75, 3.05) is 6.26 Å². The molecule has 0 aliphatic carbocycles. The average molecular weight is 428 g/mol. The van der Waals surface area contributed by atoms with Crippen molar-refractivity contribution in [3.8, 4) is 11.5 Å². The number of rotatable bonds is 8. The van der Waals surface area contributed by atoms with Crippen molar-refractivity contribution >= 4 is 39.9 Å². The quantitative estimate of drug-likeness (QED) is 0.472. The van der Waals surface area contributed by atoms with E-state index in [-0.39, 0.29) is 12.0 Å². The molecule has 4 nitrogen and oxygen atoms in total. The van der Waals surface area contributed by atoms with E-state index in [1.54, 1.807) is 0 Å². The van der Waals surface area contributed by atoms with Gasteiger partial charge in [-0.2, -0.15) is 4.99 Å². The smallest absolute Gasteiger partial charge is 0.285 e. The number of amides is 1. The van der Waals surface area contributed by atoms with Gasteiger partial charge in [0.15, 0.2) is 0 Å². The van der Waals surface area contributed by atoms with Gasteiger partial charge in [0.1, 0.15) is 22.5 Å². The molecule has 0 fully saturated rings. The maximum atomic E-state index is 11.9. The van der Waals surface area contributed by atoms with E-state index in [2.05, 4.69) is 18.8 Å². The van der Waals surface area contributed by atoms with Crippen LogP contribution in [-0.2, 0) is 11.4 Å². The Morgan fingerprint density at radius 1 is 1.03 bits per heavy atom. The molecule has 0 N–H and O–H groups in total. The van der Waals surface area contributed by atoms with E-state index in [1.807, 2.05) is 60.9 Å². The number of aliphatic imine (C=N–C) groups is 1. The molecule has 2 aromatic carbocycles. The summed E-state index contributed by atoms with van der Waals surface area (Å²) in [6.45, 7) is 4.76. The summed E-state index contributed by atoms with van der Waals surface area (Å²) < 4.78 is 12.6. The molecule has 0 saturated carbocycles. The number of nitrogens with zero attached hydrogens (tertiary/aromatic N) is 1. The second-order valence-corrected chi connectivity index (χ2v) is 8.64. The van der Waals surface area contributed by atoms with Crippen LogP contribution in [0.1, 0.15) is 37.8 Å². The van der Waals surface area contributed by atoms with E-state index >= 15 is 0 Å². The van der Waals surface area contributed by atoms with Crippen LogP contribution in [-0.4, -0.2) is 22.6 Å². The zero-order chi connectivity index (χ0) is 20.6. The number of benzene rings is 2. The van der Waals surface area contributed by atoms with Crippen LogP contribution < -0.4 is 9.47 Å². The molecular formula is C23H25NO3S2. The third-order valence-corrected chi connectivity index (χ3v) is 6.46. The summed E-state index contributed by atoms with van der Waals surface area (Å²) in [5.41, 5.74) is 2.04. The van der Waals surface area contributed by atoms with Gasteiger partial charge in [0.2, 0.25) is 0 Å². The highest BCUT2D eigenvalue weighted by molar-refractivity contribution is 8.40. The lowest BCUT2D eigenvalue weighted by atomic mass is 10.2. The summed E-state index contributed by atoms with van der Waals surface area (Å²) in [6, 6.07) is 15.8. The molecule has 0 bridgehead atoms. The first kappa shape index (κ1) is 21.5. The van der Waals surface area contributed by atoms with Crippen molar-refractivity contribution in [3.05, 3.63) is 64.6 Å². The van der Waals surface area contributed by atoms with Crippen molar-refractivity contribution in [2.45, 2.75) is 39.4 Å². The van der Waals surface area contributed by atoms with Crippen LogP contribution in [0.5, 0.6) is 11.5 Å². The number of carbonyl (C=O) groups excluding carboxylic acids is 1. The second-order valence-electron chi connectivity index (χ2n) is 6.56. The average Bonchev–Trinajstić information content (AvgIpc) is 3.11. The fourth-order valence-corrected chi connectivity index (χ4v) is 4.19. The van der Waals surface area contributed by atoms with Gasteiger partial charge in [-0.25, -0.2) is 0 Å². The highest BCUT2D eigenvalue weighted by Crippen LogP contribution is 2.32. The molecule has 1 heterocycles. The summed E-state index contributed by atoms with van der Waals surface area (Å²) in [4.78, 5) is 16.5. The summed E-state index contributed by atoms with van der Waals surface area (Å²) >= 11 is 2.90. The van der Waals surface area contributed by atoms with Crippen molar-refractivity contribution in [2.24, 2.45) is 4.99 Å². The van der Waals surface area contributed by atoms with E-state index in [4.69, 9.17) is 9.47 Å². The van der Waals surface area contributed by atoms with Gasteiger partial charge in [0.05, 0.1) is 11.0 Å². The Hall–Kier alpha value is -2.18. The van der Waals surface area contributed by atoms with Gasteiger partial charge in [-0.15, -0.1) is 11.8 Å². The minimum absolute atomic E-state index is 0.170. The Bertz CT molecular complexity index is 885. The fraction of sp³-hybridized carbons (Fsp3) is 0.304. The van der Waals surface area contributed by atoms with E-state index in [0.29, 0.717) is 11.5 Å². The summed E-state index contributed by atoms with van der Waals surface area (Å²) in [6.07, 6.45) is 6.06. The van der Waals surface area contributed by atoms with Crippen molar-refractivity contribution in [3.63, 3.8) is 0 Å². The third kappa shape index (κ3) is 6.15. The van der Waals surface area contributed by atoms with Crippen LogP contribution in [0.4, 0.5) is 0 Å². The first-order valence-electron chi connectivity index (χ1n) is 9.66. The molecule has 0 spiro atoms. The van der Waals surface area contributed by atoms with Crippen LogP contribution in [0.15, 0.2) is 58.4 Å². The molecule has 152 valence electrons. The number of hydrogen-bond donors (Lipinski definition) is 0. The highest BCUT2D eigenvalue weighted by atomic mass is 32.2. The molecule has 29 heavy (non-hydrogen) atoms. The molecule has 0 atom stereocenters. The van der Waals surface area contributed by atoms with Crippen LogP contribution in [0.2, 0.25) is 0 Å². The van der Waals surface area contributed by atoms with Gasteiger partial charge in [0, 0.05) is 0 Å². The largest absolute Gasteiger partial charge is 0.490 e. The Kier molecular flexibility index (Phi) is 7.83. The van der Waals surface area contributed by atoms with Crippen LogP contribution >= 0.6 is 23.5 Å². The maximum absolute atomic E-state index is 11.9. The third-order valence-electron chi connectivity index (χ3n) is 4.50. The first-order valence-corrected chi connectivity index (χ1v) is 11.7. The number of ether oxygens (including phenoxy) is 2. The standard InChI is InChI=1S/C23H25NO3S2/c1-4-18(5-2)27-20-12-8-17(9-13-20)15-26-19-10-6-16(7-11-19)14-21-22(25)24-23(28-3)29-21/h6-14,18H,4-5,15H2,1-3H3/b21-14-. The molecule has 3 rings (SSSR count). The Labute approximate surface area is 180 Å². The molecular weight excluding hydrogens is 402 g/mol. The number of carbonyl (C=O) groups is 1. The van der Waals surface area contributed by atoms with Gasteiger partial charge >= 0.3 is 0 Å². The minimum Gasteiger partial charge on any atom is -0.490 e. The molecule has 1 aliphatic rings. The van der Waals surface area contributed by atoms with Crippen LogP contribution in [0.25, 0.3) is 6.08 Å². The van der Waals surface area contributed by atoms with Gasteiger partial charge in [-0.05, 0) is 60.6 Å². The zero-order valence-electron chi connectivity index (χ0n) is 16.9. The summed E-state index contributed by atoms with van der Waals surface area (Å²) in [5, 5.41) is 0. The van der Waals surface area contributed by atoms with Gasteiger partial charge in [-0.1, -0.05) is 49.9 Å². The monoisotopic (exact) mass is 427 g/mol. The van der Waals surface area contributed by atoms with Crippen molar-refractivity contribution in [1.82, 2.24) is 0 Å². The van der Waals surface area contributed by atoms with Crippen LogP contribution in [0, 0.1) is 0 Å². The number of hydrogen-bond acceptors (Lipinski definition) is 5. The predicted octanol–water partition coefficient (Wildman–Crippen LogP) is 6.17. The van der Waals surface area contributed by atoms with E-state index in [1.165, 1.54) is 23.5 Å². The normalized spacial score (nSPS) is 15.1. The zero-order valence-corrected chi connectivity index (χ0v) is 18.5. The SMILES string of the molecule is CCC(CC)Oc1ccc(COc2ccc(/C=C3\SC(SC)=NC3=O)cc2)cc1. The van der Waals surface area contributed by atoms with Crippen molar-refractivity contribution in [1.29, 1.82) is 0 Å². The Morgan fingerprint density at radius 3 is 2.28 bits per heavy atom. The summed E-state index contributed by atoms with van der Waals surface area (Å²) in [7, 11) is 0. The van der Waals surface area contributed by atoms with E-state index in [9.17, 15) is 4.79 Å². The first-order chi connectivity index (χ1) is 14.1. The molecule has 2 aromatic rings. The van der Waals surface area contributed by atoms with Gasteiger partial charge < -0.3 is 9.47 Å². The van der Waals surface area contributed by atoms with Crippen LogP contribution in [0.3, 0.4) is 0 Å². The lowest BCUT2D eigenvalue weighted by Gasteiger charge is -2.15. The Balaban J connectivity index is 1.53. The lowest BCUT2D eigenvalue weighted by Crippen LogP contribution is -2.13. The van der Waals surface area contributed by atoms with Gasteiger partial charge in [0.25, 0.3) is 5.91 Å². The van der Waals surface area contributed by atoms with E-state index in [0.717, 1.165) is 39.8 Å². The fourth-order valence-electron chi connectivity index (χ4n) is 2.77. The van der Waals surface area contributed by atoms with E-state index < -0.39 is 0 Å².